The minimum atomic E-state index is -1.90. The topological polar surface area (TPSA) is 74.6 Å². The molecule has 0 saturated heterocycles. The molecule has 0 saturated carbocycles. The van der Waals surface area contributed by atoms with Crippen molar-refractivity contribution in [1.29, 1.82) is 0 Å². The molecular weight excluding hydrogens is 386 g/mol. The zero-order valence-corrected chi connectivity index (χ0v) is 16.7. The highest BCUT2D eigenvalue weighted by Gasteiger charge is 2.40. The van der Waals surface area contributed by atoms with Crippen LogP contribution in [0.2, 0.25) is 0 Å². The summed E-state index contributed by atoms with van der Waals surface area (Å²) in [6.45, 7) is 0. The Kier molecular flexibility index (Phi) is 5.96. The Morgan fingerprint density at radius 2 is 1.16 bits per heavy atom. The second kappa shape index (κ2) is 9.15. The quantitative estimate of drug-likeness (QED) is 0.376. The molecule has 0 aliphatic rings. The second-order valence-corrected chi connectivity index (χ2v) is 6.95. The van der Waals surface area contributed by atoms with Gasteiger partial charge < -0.3 is 5.11 Å². The third-order valence-corrected chi connectivity index (χ3v) is 4.98. The Morgan fingerprint density at radius 3 is 1.68 bits per heavy atom. The van der Waals surface area contributed by atoms with E-state index < -0.39 is 11.5 Å². The van der Waals surface area contributed by atoms with E-state index in [9.17, 15) is 9.90 Å². The number of pyridine rings is 1. The first-order valence-electron chi connectivity index (χ1n) is 9.87. The maximum atomic E-state index is 13.4. The van der Waals surface area contributed by atoms with Crippen molar-refractivity contribution in [3.8, 4) is 0 Å². The molecule has 0 unspecified atom stereocenters. The van der Waals surface area contributed by atoms with Gasteiger partial charge in [0.1, 0.15) is 0 Å². The molecule has 0 fully saturated rings. The van der Waals surface area contributed by atoms with E-state index in [-0.39, 0.29) is 0 Å². The Bertz CT molecular complexity index is 1080. The van der Waals surface area contributed by atoms with Gasteiger partial charge in [0, 0.05) is 23.5 Å². The summed E-state index contributed by atoms with van der Waals surface area (Å²) in [5.41, 5.74) is 3.81. The first-order valence-corrected chi connectivity index (χ1v) is 9.87. The van der Waals surface area contributed by atoms with Crippen molar-refractivity contribution in [2.24, 2.45) is 5.10 Å². The van der Waals surface area contributed by atoms with Gasteiger partial charge in [-0.1, -0.05) is 91.0 Å². The number of hydrazone groups is 1. The van der Waals surface area contributed by atoms with Gasteiger partial charge in [0.25, 0.3) is 5.91 Å². The maximum absolute atomic E-state index is 13.4. The molecule has 3 aromatic carbocycles. The average Bonchev–Trinajstić information content (AvgIpc) is 2.86. The third-order valence-electron chi connectivity index (χ3n) is 4.98. The smallest absolute Gasteiger partial charge is 0.281 e. The van der Waals surface area contributed by atoms with Crippen molar-refractivity contribution >= 4 is 11.6 Å². The summed E-state index contributed by atoms with van der Waals surface area (Å²) in [6, 6.07) is 30.9. The largest absolute Gasteiger partial charge is 0.372 e. The van der Waals surface area contributed by atoms with E-state index in [0.717, 1.165) is 11.1 Å². The fourth-order valence-corrected chi connectivity index (χ4v) is 3.38. The number of hydrogen-bond donors (Lipinski definition) is 2. The van der Waals surface area contributed by atoms with Crippen LogP contribution in [-0.2, 0) is 10.4 Å². The highest BCUT2D eigenvalue weighted by molar-refractivity contribution is 6.13. The number of nitrogens with one attached hydrogen (secondary N) is 1. The summed E-state index contributed by atoms with van der Waals surface area (Å²) in [6.07, 6.45) is 3.33. The summed E-state index contributed by atoms with van der Waals surface area (Å²) in [4.78, 5) is 17.4. The van der Waals surface area contributed by atoms with Crippen LogP contribution in [0.1, 0.15) is 22.3 Å². The van der Waals surface area contributed by atoms with Crippen molar-refractivity contribution in [2.75, 3.05) is 0 Å². The van der Waals surface area contributed by atoms with Crippen LogP contribution in [0.3, 0.4) is 0 Å². The van der Waals surface area contributed by atoms with Crippen molar-refractivity contribution in [3.05, 3.63) is 138 Å². The number of aromatic nitrogens is 1. The van der Waals surface area contributed by atoms with E-state index in [2.05, 4.69) is 15.5 Å². The van der Waals surface area contributed by atoms with Crippen LogP contribution < -0.4 is 5.43 Å². The van der Waals surface area contributed by atoms with Crippen LogP contribution in [0.15, 0.2) is 121 Å². The lowest BCUT2D eigenvalue weighted by Crippen LogP contribution is -2.44. The van der Waals surface area contributed by atoms with Crippen LogP contribution >= 0.6 is 0 Å². The number of rotatable bonds is 6. The average molecular weight is 407 g/mol. The standard InChI is InChI=1S/C26H21N3O2/c30-25(26(31,22-12-6-2-7-13-22)23-14-8-3-9-15-23)29-28-24(20-10-4-1-5-11-20)21-16-18-27-19-17-21/h1-19,31H,(H,29,30)/b28-24+. The Labute approximate surface area is 180 Å². The normalized spacial score (nSPS) is 11.7. The summed E-state index contributed by atoms with van der Waals surface area (Å²) < 4.78 is 0. The molecule has 2 N–H and O–H groups in total. The lowest BCUT2D eigenvalue weighted by molar-refractivity contribution is -0.136. The summed E-state index contributed by atoms with van der Waals surface area (Å²) in [5, 5.41) is 16.0. The predicted molar refractivity (Wildman–Crippen MR) is 120 cm³/mol. The minimum Gasteiger partial charge on any atom is -0.372 e. The van der Waals surface area contributed by atoms with Gasteiger partial charge >= 0.3 is 0 Å². The first-order chi connectivity index (χ1) is 15.2. The fourth-order valence-electron chi connectivity index (χ4n) is 3.38. The van der Waals surface area contributed by atoms with Crippen LogP contribution in [0, 0.1) is 0 Å². The van der Waals surface area contributed by atoms with Gasteiger partial charge in [0.15, 0.2) is 5.60 Å². The van der Waals surface area contributed by atoms with E-state index in [1.54, 1.807) is 60.9 Å². The molecule has 31 heavy (non-hydrogen) atoms. The zero-order valence-electron chi connectivity index (χ0n) is 16.7. The van der Waals surface area contributed by atoms with E-state index in [1.807, 2.05) is 54.6 Å². The molecule has 152 valence electrons. The molecule has 1 heterocycles. The number of amides is 1. The Hall–Kier alpha value is -4.09. The summed E-state index contributed by atoms with van der Waals surface area (Å²) >= 11 is 0. The van der Waals surface area contributed by atoms with E-state index in [4.69, 9.17) is 0 Å². The predicted octanol–water partition coefficient (Wildman–Crippen LogP) is 3.89. The monoisotopic (exact) mass is 407 g/mol. The summed E-state index contributed by atoms with van der Waals surface area (Å²) in [7, 11) is 0. The molecule has 4 aromatic rings. The lowest BCUT2D eigenvalue weighted by Gasteiger charge is -2.27. The molecule has 0 aliphatic heterocycles. The van der Waals surface area contributed by atoms with Crippen LogP contribution in [0.25, 0.3) is 0 Å². The molecule has 1 aromatic heterocycles. The second-order valence-electron chi connectivity index (χ2n) is 6.95. The van der Waals surface area contributed by atoms with Crippen molar-refractivity contribution in [1.82, 2.24) is 10.4 Å². The first kappa shape index (κ1) is 20.2. The fraction of sp³-hybridized carbons (Fsp3) is 0.0385. The van der Waals surface area contributed by atoms with E-state index >= 15 is 0 Å². The molecule has 0 aliphatic carbocycles. The highest BCUT2D eigenvalue weighted by Crippen LogP contribution is 2.30. The molecule has 5 nitrogen and oxygen atoms in total. The van der Waals surface area contributed by atoms with Crippen LogP contribution in [0.4, 0.5) is 0 Å². The van der Waals surface area contributed by atoms with Gasteiger partial charge in [-0.05, 0) is 23.3 Å². The maximum Gasteiger partial charge on any atom is 0.281 e. The minimum absolute atomic E-state index is 0.457. The Morgan fingerprint density at radius 1 is 0.710 bits per heavy atom. The molecule has 0 bridgehead atoms. The number of nitrogens with zero attached hydrogens (tertiary/aromatic N) is 2. The SMILES string of the molecule is O=C(N/N=C(\c1ccccc1)c1ccncc1)C(O)(c1ccccc1)c1ccccc1. The molecule has 0 radical (unpaired) electrons. The number of carbonyl (C=O) groups excluding carboxylic acids is 1. The van der Waals surface area contributed by atoms with Gasteiger partial charge in [0.05, 0.1) is 5.71 Å². The van der Waals surface area contributed by atoms with Crippen molar-refractivity contribution < 1.29 is 9.90 Å². The van der Waals surface area contributed by atoms with E-state index in [0.29, 0.717) is 16.8 Å². The Balaban J connectivity index is 1.75. The number of aliphatic hydroxyl groups is 1. The molecule has 5 heteroatoms. The van der Waals surface area contributed by atoms with Gasteiger partial charge in [0.2, 0.25) is 0 Å². The third kappa shape index (κ3) is 4.27. The van der Waals surface area contributed by atoms with Crippen LogP contribution in [-0.4, -0.2) is 21.7 Å². The molecule has 4 rings (SSSR count). The molecule has 0 spiro atoms. The van der Waals surface area contributed by atoms with Crippen molar-refractivity contribution in [3.63, 3.8) is 0 Å². The van der Waals surface area contributed by atoms with E-state index in [1.165, 1.54) is 0 Å². The number of hydrogen-bond acceptors (Lipinski definition) is 4. The van der Waals surface area contributed by atoms with Gasteiger partial charge in [-0.3, -0.25) is 9.78 Å². The zero-order chi connectivity index (χ0) is 21.5. The van der Waals surface area contributed by atoms with Gasteiger partial charge in [-0.25, -0.2) is 5.43 Å². The van der Waals surface area contributed by atoms with Gasteiger partial charge in [-0.2, -0.15) is 5.10 Å². The van der Waals surface area contributed by atoms with Gasteiger partial charge in [-0.15, -0.1) is 0 Å². The highest BCUT2D eigenvalue weighted by atomic mass is 16.3. The number of carbonyl (C=O) groups is 1. The summed E-state index contributed by atoms with van der Waals surface area (Å²) in [5.74, 6) is -0.646. The van der Waals surface area contributed by atoms with Crippen molar-refractivity contribution in [2.45, 2.75) is 5.60 Å². The lowest BCUT2D eigenvalue weighted by atomic mass is 9.85. The number of benzene rings is 3. The van der Waals surface area contributed by atoms with Crippen LogP contribution in [0.5, 0.6) is 0 Å². The molecule has 1 amide bonds. The molecular formula is C26H21N3O2. The molecule has 0 atom stereocenters.